The molecule has 0 atom stereocenters. The lowest BCUT2D eigenvalue weighted by atomic mass is 10.2. The van der Waals surface area contributed by atoms with Gasteiger partial charge in [0.25, 0.3) is 5.91 Å². The SMILES string of the molecule is CN(C)N=Nc1c(C(N)=O)nnn1Cc1ccccc1F. The minimum absolute atomic E-state index is 0.0642. The van der Waals surface area contributed by atoms with Crippen LogP contribution in [0.25, 0.3) is 0 Å². The van der Waals surface area contributed by atoms with Gasteiger partial charge in [-0.25, -0.2) is 9.07 Å². The molecule has 2 rings (SSSR count). The van der Waals surface area contributed by atoms with Gasteiger partial charge in [0.05, 0.1) is 6.54 Å². The Morgan fingerprint density at radius 1 is 1.43 bits per heavy atom. The van der Waals surface area contributed by atoms with E-state index in [0.29, 0.717) is 5.56 Å². The highest BCUT2D eigenvalue weighted by Gasteiger charge is 2.18. The molecule has 0 radical (unpaired) electrons. The number of benzene rings is 1. The van der Waals surface area contributed by atoms with Crippen LogP contribution in [0.3, 0.4) is 0 Å². The zero-order chi connectivity index (χ0) is 15.4. The molecule has 0 aliphatic carbocycles. The molecule has 110 valence electrons. The van der Waals surface area contributed by atoms with Crippen molar-refractivity contribution in [3.63, 3.8) is 0 Å². The lowest BCUT2D eigenvalue weighted by Gasteiger charge is -2.05. The van der Waals surface area contributed by atoms with Crippen LogP contribution in [0.5, 0.6) is 0 Å². The normalized spacial score (nSPS) is 11.0. The van der Waals surface area contributed by atoms with Gasteiger partial charge in [0.2, 0.25) is 5.82 Å². The first kappa shape index (κ1) is 14.6. The van der Waals surface area contributed by atoms with Crippen LogP contribution in [-0.4, -0.2) is 40.0 Å². The lowest BCUT2D eigenvalue weighted by molar-refractivity contribution is 0.0996. The monoisotopic (exact) mass is 291 g/mol. The molecule has 1 aromatic heterocycles. The standard InChI is InChI=1S/C12H14FN7O/c1-19(2)17-16-12-10(11(14)21)15-18-20(12)7-8-5-3-4-6-9(8)13/h3-6H,7H2,1-2H3,(H2,14,21). The smallest absolute Gasteiger partial charge is 0.273 e. The van der Waals surface area contributed by atoms with Gasteiger partial charge in [0.1, 0.15) is 5.82 Å². The Morgan fingerprint density at radius 3 is 2.76 bits per heavy atom. The highest BCUT2D eigenvalue weighted by molar-refractivity contribution is 5.94. The summed E-state index contributed by atoms with van der Waals surface area (Å²) in [5.74, 6) is -1.08. The van der Waals surface area contributed by atoms with Crippen molar-refractivity contribution >= 4 is 11.7 Å². The largest absolute Gasteiger partial charge is 0.364 e. The predicted molar refractivity (Wildman–Crippen MR) is 72.2 cm³/mol. The van der Waals surface area contributed by atoms with Crippen molar-refractivity contribution in [3.8, 4) is 0 Å². The van der Waals surface area contributed by atoms with Gasteiger partial charge in [-0.1, -0.05) is 28.6 Å². The summed E-state index contributed by atoms with van der Waals surface area (Å²) in [5.41, 5.74) is 5.49. The molecule has 0 saturated heterocycles. The van der Waals surface area contributed by atoms with Crippen LogP contribution in [0.2, 0.25) is 0 Å². The molecule has 0 aliphatic heterocycles. The third-order valence-corrected chi connectivity index (χ3v) is 2.54. The molecule has 2 aromatic rings. The minimum atomic E-state index is -0.775. The van der Waals surface area contributed by atoms with E-state index < -0.39 is 5.91 Å². The topological polar surface area (TPSA) is 102 Å². The molecule has 0 aliphatic rings. The number of hydrogen-bond donors (Lipinski definition) is 1. The fraction of sp³-hybridized carbons (Fsp3) is 0.250. The van der Waals surface area contributed by atoms with E-state index in [1.165, 1.54) is 15.8 Å². The van der Waals surface area contributed by atoms with Crippen LogP contribution >= 0.6 is 0 Å². The van der Waals surface area contributed by atoms with Gasteiger partial charge in [-0.05, 0) is 6.07 Å². The molecule has 21 heavy (non-hydrogen) atoms. The van der Waals surface area contributed by atoms with E-state index in [2.05, 4.69) is 20.6 Å². The van der Waals surface area contributed by atoms with Gasteiger partial charge in [0.15, 0.2) is 5.69 Å². The van der Waals surface area contributed by atoms with Crippen LogP contribution in [0, 0.1) is 5.82 Å². The zero-order valence-corrected chi connectivity index (χ0v) is 11.6. The number of primary amides is 1. The summed E-state index contributed by atoms with van der Waals surface area (Å²) in [6, 6.07) is 6.23. The first-order valence-corrected chi connectivity index (χ1v) is 6.04. The number of halogens is 1. The van der Waals surface area contributed by atoms with Crippen molar-refractivity contribution in [1.29, 1.82) is 0 Å². The van der Waals surface area contributed by atoms with E-state index in [1.807, 2.05) is 0 Å². The minimum Gasteiger partial charge on any atom is -0.364 e. The number of hydrogen-bond acceptors (Lipinski definition) is 5. The van der Waals surface area contributed by atoms with E-state index in [-0.39, 0.29) is 23.9 Å². The Kier molecular flexibility index (Phi) is 4.21. The molecule has 8 nitrogen and oxygen atoms in total. The number of carbonyl (C=O) groups is 1. The van der Waals surface area contributed by atoms with Crippen LogP contribution < -0.4 is 5.73 Å². The van der Waals surface area contributed by atoms with Gasteiger partial charge >= 0.3 is 0 Å². The molecule has 1 aromatic carbocycles. The highest BCUT2D eigenvalue weighted by atomic mass is 19.1. The van der Waals surface area contributed by atoms with Crippen molar-refractivity contribution in [2.24, 2.45) is 16.1 Å². The maximum atomic E-state index is 13.7. The molecular formula is C12H14FN7O. The number of amides is 1. The van der Waals surface area contributed by atoms with Crippen LogP contribution in [0.1, 0.15) is 16.1 Å². The Balaban J connectivity index is 2.40. The molecule has 1 amide bonds. The quantitative estimate of drug-likeness (QED) is 0.658. The van der Waals surface area contributed by atoms with Crippen molar-refractivity contribution < 1.29 is 9.18 Å². The number of carbonyl (C=O) groups excluding carboxylic acids is 1. The Morgan fingerprint density at radius 2 is 2.14 bits per heavy atom. The number of aromatic nitrogens is 3. The van der Waals surface area contributed by atoms with Gasteiger partial charge < -0.3 is 5.73 Å². The average molecular weight is 291 g/mol. The summed E-state index contributed by atoms with van der Waals surface area (Å²) >= 11 is 0. The Labute approximate surface area is 120 Å². The highest BCUT2D eigenvalue weighted by Crippen LogP contribution is 2.19. The van der Waals surface area contributed by atoms with E-state index in [4.69, 9.17) is 5.73 Å². The Bertz CT molecular complexity index is 680. The second kappa shape index (κ2) is 6.07. The summed E-state index contributed by atoms with van der Waals surface area (Å²) in [5, 5.41) is 16.5. The summed E-state index contributed by atoms with van der Waals surface area (Å²) in [4.78, 5) is 11.3. The molecule has 0 bridgehead atoms. The third kappa shape index (κ3) is 3.38. The molecule has 9 heteroatoms. The van der Waals surface area contributed by atoms with Gasteiger partial charge in [0, 0.05) is 19.7 Å². The summed E-state index contributed by atoms with van der Waals surface area (Å²) < 4.78 is 14.9. The molecule has 0 unspecified atom stereocenters. The zero-order valence-electron chi connectivity index (χ0n) is 11.6. The van der Waals surface area contributed by atoms with Crippen LogP contribution in [0.4, 0.5) is 10.2 Å². The first-order valence-electron chi connectivity index (χ1n) is 6.04. The van der Waals surface area contributed by atoms with Crippen LogP contribution in [-0.2, 0) is 6.54 Å². The third-order valence-electron chi connectivity index (χ3n) is 2.54. The molecule has 1 heterocycles. The second-order valence-electron chi connectivity index (χ2n) is 4.41. The number of nitrogens with zero attached hydrogens (tertiary/aromatic N) is 6. The lowest BCUT2D eigenvalue weighted by Crippen LogP contribution is -2.12. The van der Waals surface area contributed by atoms with Crippen molar-refractivity contribution in [2.75, 3.05) is 14.1 Å². The van der Waals surface area contributed by atoms with E-state index in [1.54, 1.807) is 32.3 Å². The van der Waals surface area contributed by atoms with Gasteiger partial charge in [-0.2, -0.15) is 0 Å². The maximum Gasteiger partial charge on any atom is 0.273 e. The van der Waals surface area contributed by atoms with Crippen molar-refractivity contribution in [2.45, 2.75) is 6.54 Å². The molecule has 2 N–H and O–H groups in total. The van der Waals surface area contributed by atoms with Gasteiger partial charge in [-0.15, -0.1) is 10.2 Å². The summed E-state index contributed by atoms with van der Waals surface area (Å²) in [7, 11) is 3.33. The number of nitrogens with two attached hydrogens (primary N) is 1. The predicted octanol–water partition coefficient (Wildman–Crippen LogP) is 1.12. The molecule has 0 saturated carbocycles. The van der Waals surface area contributed by atoms with Crippen molar-refractivity contribution in [1.82, 2.24) is 20.0 Å². The van der Waals surface area contributed by atoms with Crippen LogP contribution in [0.15, 0.2) is 34.6 Å². The van der Waals surface area contributed by atoms with E-state index in [9.17, 15) is 9.18 Å². The number of rotatable bonds is 5. The average Bonchev–Trinajstić information content (AvgIpc) is 2.82. The first-order chi connectivity index (χ1) is 9.99. The molecular weight excluding hydrogens is 277 g/mol. The van der Waals surface area contributed by atoms with E-state index >= 15 is 0 Å². The summed E-state index contributed by atoms with van der Waals surface area (Å²) in [6.45, 7) is 0.0642. The molecule has 0 spiro atoms. The fourth-order valence-electron chi connectivity index (χ4n) is 1.59. The Hall–Kier alpha value is -2.84. The van der Waals surface area contributed by atoms with Gasteiger partial charge in [-0.3, -0.25) is 9.80 Å². The van der Waals surface area contributed by atoms with Crippen molar-refractivity contribution in [3.05, 3.63) is 41.3 Å². The molecule has 0 fully saturated rings. The van der Waals surface area contributed by atoms with E-state index in [0.717, 1.165) is 0 Å². The second-order valence-corrected chi connectivity index (χ2v) is 4.41. The fourth-order valence-corrected chi connectivity index (χ4v) is 1.59. The maximum absolute atomic E-state index is 13.7. The summed E-state index contributed by atoms with van der Waals surface area (Å²) in [6.07, 6.45) is 0.